The molecular formula is C18H36N2O5S. The number of amides is 2. The summed E-state index contributed by atoms with van der Waals surface area (Å²) in [6.45, 7) is 15.8. The topological polar surface area (TPSA) is 118 Å². The zero-order chi connectivity index (χ0) is 21.2. The van der Waals surface area contributed by atoms with Crippen LogP contribution in [0.3, 0.4) is 0 Å². The molecule has 0 saturated carbocycles. The summed E-state index contributed by atoms with van der Waals surface area (Å²) in [5.74, 6) is -0.410. The quantitative estimate of drug-likeness (QED) is 0.438. The fraction of sp³-hybridized carbons (Fsp3) is 0.667. The highest BCUT2D eigenvalue weighted by Crippen LogP contribution is 2.00. The third-order valence-electron chi connectivity index (χ3n) is 3.33. The molecule has 7 nitrogen and oxygen atoms in total. The van der Waals surface area contributed by atoms with Gasteiger partial charge in [0.1, 0.15) is 0 Å². The number of rotatable bonds is 10. The predicted octanol–water partition coefficient (Wildman–Crippen LogP) is 2.93. The highest BCUT2D eigenvalue weighted by Gasteiger charge is 2.13. The Balaban J connectivity index is -0.000000346. The van der Waals surface area contributed by atoms with Gasteiger partial charge in [0.05, 0.1) is 5.25 Å². The maximum absolute atomic E-state index is 11.3. The molecule has 3 N–H and O–H groups in total. The second-order valence-corrected chi connectivity index (χ2v) is 7.41. The molecule has 0 aliphatic rings. The minimum atomic E-state index is -3.75. The summed E-state index contributed by atoms with van der Waals surface area (Å²) in [4.78, 5) is 22.7. The minimum absolute atomic E-state index is 0.0712. The van der Waals surface area contributed by atoms with E-state index in [1.54, 1.807) is 6.92 Å². The van der Waals surface area contributed by atoms with Gasteiger partial charge in [0.15, 0.2) is 0 Å². The first-order chi connectivity index (χ1) is 12.0. The lowest BCUT2D eigenvalue weighted by Crippen LogP contribution is -2.31. The molecular weight excluding hydrogens is 356 g/mol. The van der Waals surface area contributed by atoms with Crippen LogP contribution in [0.25, 0.3) is 0 Å². The number of carbonyl (C=O) groups excluding carboxylic acids is 2. The lowest BCUT2D eigenvalue weighted by molar-refractivity contribution is -0.126. The zero-order valence-electron chi connectivity index (χ0n) is 16.6. The third-order valence-corrected chi connectivity index (χ3v) is 4.68. The maximum atomic E-state index is 11.3. The summed E-state index contributed by atoms with van der Waals surface area (Å²) in [5.41, 5.74) is 4.53. The van der Waals surface area contributed by atoms with Crippen LogP contribution in [0.1, 0.15) is 59.8 Å². The van der Waals surface area contributed by atoms with Gasteiger partial charge >= 0.3 is 0 Å². The van der Waals surface area contributed by atoms with E-state index in [1.807, 2.05) is 4.90 Å². The summed E-state index contributed by atoms with van der Waals surface area (Å²) < 4.78 is 28.5. The van der Waals surface area contributed by atoms with Crippen molar-refractivity contribution in [2.45, 2.75) is 65.0 Å². The van der Waals surface area contributed by atoms with Gasteiger partial charge in [-0.05, 0) is 38.3 Å². The van der Waals surface area contributed by atoms with Crippen LogP contribution in [0.15, 0.2) is 25.3 Å². The highest BCUT2D eigenvalue weighted by atomic mass is 32.2. The molecule has 0 aromatic carbocycles. The fourth-order valence-corrected chi connectivity index (χ4v) is 1.79. The van der Waals surface area contributed by atoms with Crippen molar-refractivity contribution >= 4 is 21.9 Å². The monoisotopic (exact) mass is 392 g/mol. The SMILES string of the molecule is C=CC(=O)N(CCCC)CCCC.C=CC(N)=O.CCC(C)S(=O)(=O)O. The number of nitrogens with two attached hydrogens (primary N) is 1. The molecule has 8 heteroatoms. The van der Waals surface area contributed by atoms with E-state index in [-0.39, 0.29) is 5.91 Å². The molecule has 154 valence electrons. The highest BCUT2D eigenvalue weighted by molar-refractivity contribution is 7.86. The predicted molar refractivity (Wildman–Crippen MR) is 107 cm³/mol. The van der Waals surface area contributed by atoms with Gasteiger partial charge in [0.25, 0.3) is 10.1 Å². The Bertz CT molecular complexity index is 496. The largest absolute Gasteiger partial charge is 0.366 e. The second kappa shape index (κ2) is 18.1. The molecule has 0 aliphatic heterocycles. The molecule has 0 aliphatic carbocycles. The molecule has 0 heterocycles. The van der Waals surface area contributed by atoms with E-state index in [2.05, 4.69) is 32.7 Å². The number of carbonyl (C=O) groups is 2. The van der Waals surface area contributed by atoms with E-state index in [0.717, 1.165) is 44.8 Å². The van der Waals surface area contributed by atoms with Crippen molar-refractivity contribution in [3.8, 4) is 0 Å². The molecule has 0 aromatic rings. The average molecular weight is 393 g/mol. The Morgan fingerprint density at radius 1 is 1.08 bits per heavy atom. The van der Waals surface area contributed by atoms with Gasteiger partial charge in [-0.25, -0.2) is 0 Å². The van der Waals surface area contributed by atoms with Crippen LogP contribution in [0, 0.1) is 0 Å². The normalized spacial score (nSPS) is 11.0. The number of unbranched alkanes of at least 4 members (excludes halogenated alkanes) is 2. The van der Waals surface area contributed by atoms with Gasteiger partial charge in [-0.15, -0.1) is 0 Å². The summed E-state index contributed by atoms with van der Waals surface area (Å²) in [5, 5.41) is -0.623. The van der Waals surface area contributed by atoms with Gasteiger partial charge in [-0.3, -0.25) is 14.1 Å². The van der Waals surface area contributed by atoms with Gasteiger partial charge in [0.2, 0.25) is 11.8 Å². The average Bonchev–Trinajstić information content (AvgIpc) is 2.60. The van der Waals surface area contributed by atoms with Gasteiger partial charge in [-0.2, -0.15) is 8.42 Å². The van der Waals surface area contributed by atoms with Crippen molar-refractivity contribution in [3.63, 3.8) is 0 Å². The first kappa shape index (κ1) is 29.1. The van der Waals surface area contributed by atoms with E-state index in [4.69, 9.17) is 4.55 Å². The molecule has 26 heavy (non-hydrogen) atoms. The van der Waals surface area contributed by atoms with E-state index >= 15 is 0 Å². The fourth-order valence-electron chi connectivity index (χ4n) is 1.37. The Kier molecular flexibility index (Phi) is 20.3. The van der Waals surface area contributed by atoms with Crippen LogP contribution in [0.2, 0.25) is 0 Å². The number of hydrogen-bond acceptors (Lipinski definition) is 4. The van der Waals surface area contributed by atoms with Crippen LogP contribution < -0.4 is 5.73 Å². The standard InChI is InChI=1S/C11H21NO.C4H10O3S.C3H5NO/c1-4-7-9-12(10-8-5-2)11(13)6-3;1-3-4(2)8(5,6)7;1-2-3(4)5/h6H,3-5,7-10H2,1-2H3;4H,3H2,1-2H3,(H,5,6,7);2H,1H2,(H2,4,5). The Labute approximate surface area is 159 Å². The maximum Gasteiger partial charge on any atom is 0.267 e. The molecule has 0 rings (SSSR count). The summed E-state index contributed by atoms with van der Waals surface area (Å²) in [6, 6.07) is 0. The Hall–Kier alpha value is -1.67. The molecule has 2 amide bonds. The van der Waals surface area contributed by atoms with E-state index in [1.165, 1.54) is 13.0 Å². The first-order valence-corrected chi connectivity index (χ1v) is 10.3. The van der Waals surface area contributed by atoms with Crippen molar-refractivity contribution in [3.05, 3.63) is 25.3 Å². The van der Waals surface area contributed by atoms with Crippen molar-refractivity contribution in [1.29, 1.82) is 0 Å². The van der Waals surface area contributed by atoms with Crippen LogP contribution in [0.5, 0.6) is 0 Å². The summed E-state index contributed by atoms with van der Waals surface area (Å²) in [6.07, 6.45) is 7.36. The first-order valence-electron chi connectivity index (χ1n) is 8.81. The minimum Gasteiger partial charge on any atom is -0.366 e. The Morgan fingerprint density at radius 2 is 1.46 bits per heavy atom. The molecule has 1 atom stereocenters. The lowest BCUT2D eigenvalue weighted by atomic mass is 10.2. The van der Waals surface area contributed by atoms with Crippen LogP contribution in [-0.4, -0.2) is 48.0 Å². The molecule has 0 aromatic heterocycles. The van der Waals surface area contributed by atoms with E-state index in [9.17, 15) is 18.0 Å². The van der Waals surface area contributed by atoms with Crippen molar-refractivity contribution in [2.75, 3.05) is 13.1 Å². The Morgan fingerprint density at radius 3 is 1.62 bits per heavy atom. The smallest absolute Gasteiger partial charge is 0.267 e. The molecule has 0 radical (unpaired) electrons. The summed E-state index contributed by atoms with van der Waals surface area (Å²) >= 11 is 0. The van der Waals surface area contributed by atoms with Gasteiger partial charge < -0.3 is 10.6 Å². The number of hydrogen-bond donors (Lipinski definition) is 2. The van der Waals surface area contributed by atoms with Crippen LogP contribution in [-0.2, 0) is 19.7 Å². The molecule has 0 spiro atoms. The van der Waals surface area contributed by atoms with Crippen molar-refractivity contribution in [2.24, 2.45) is 5.73 Å². The number of primary amides is 1. The molecule has 0 fully saturated rings. The van der Waals surface area contributed by atoms with Crippen molar-refractivity contribution < 1.29 is 22.6 Å². The van der Waals surface area contributed by atoms with Gasteiger partial charge in [0, 0.05) is 13.1 Å². The van der Waals surface area contributed by atoms with Crippen LogP contribution >= 0.6 is 0 Å². The molecule has 0 bridgehead atoms. The molecule has 1 unspecified atom stereocenters. The third kappa shape index (κ3) is 20.4. The lowest BCUT2D eigenvalue weighted by Gasteiger charge is -2.20. The molecule has 0 saturated heterocycles. The zero-order valence-corrected chi connectivity index (χ0v) is 17.4. The van der Waals surface area contributed by atoms with Crippen LogP contribution in [0.4, 0.5) is 0 Å². The van der Waals surface area contributed by atoms with E-state index < -0.39 is 21.3 Å². The van der Waals surface area contributed by atoms with Gasteiger partial charge in [-0.1, -0.05) is 46.8 Å². The van der Waals surface area contributed by atoms with E-state index in [0.29, 0.717) is 6.42 Å². The summed E-state index contributed by atoms with van der Waals surface area (Å²) in [7, 11) is -3.75. The second-order valence-electron chi connectivity index (χ2n) is 5.58. The number of nitrogens with zero attached hydrogens (tertiary/aromatic N) is 1. The van der Waals surface area contributed by atoms with Crippen molar-refractivity contribution in [1.82, 2.24) is 4.90 Å².